The molecule has 0 unspecified atom stereocenters. The van der Waals surface area contributed by atoms with Crippen LogP contribution in [0.25, 0.3) is 22.6 Å². The number of nitrogens with zero attached hydrogens (tertiary/aromatic N) is 3. The molecule has 2 amide bonds. The lowest BCUT2D eigenvalue weighted by Gasteiger charge is -2.26. The van der Waals surface area contributed by atoms with Gasteiger partial charge in [-0.2, -0.15) is 5.10 Å². The van der Waals surface area contributed by atoms with Crippen LogP contribution in [-0.4, -0.2) is 63.2 Å². The van der Waals surface area contributed by atoms with Crippen molar-refractivity contribution in [3.63, 3.8) is 0 Å². The molecule has 1 aliphatic heterocycles. The Morgan fingerprint density at radius 2 is 2.00 bits per heavy atom. The van der Waals surface area contributed by atoms with Crippen molar-refractivity contribution < 1.29 is 18.7 Å². The van der Waals surface area contributed by atoms with Gasteiger partial charge in [0.25, 0.3) is 11.8 Å². The van der Waals surface area contributed by atoms with Gasteiger partial charge < -0.3 is 19.9 Å². The zero-order valence-corrected chi connectivity index (χ0v) is 17.9. The summed E-state index contributed by atoms with van der Waals surface area (Å²) in [4.78, 5) is 34.8. The van der Waals surface area contributed by atoms with E-state index in [0.29, 0.717) is 60.1 Å². The van der Waals surface area contributed by atoms with Crippen LogP contribution >= 0.6 is 11.6 Å². The molecule has 0 aliphatic carbocycles. The Labute approximate surface area is 191 Å². The molecular weight excluding hydrogens is 451 g/mol. The molecule has 168 valence electrons. The van der Waals surface area contributed by atoms with Crippen molar-refractivity contribution in [2.45, 2.75) is 0 Å². The third-order valence-electron chi connectivity index (χ3n) is 5.34. The van der Waals surface area contributed by atoms with Crippen LogP contribution in [0.1, 0.15) is 20.7 Å². The molecule has 1 aliphatic rings. The quantitative estimate of drug-likeness (QED) is 0.424. The van der Waals surface area contributed by atoms with Crippen LogP contribution in [0.2, 0.25) is 5.02 Å². The van der Waals surface area contributed by atoms with Crippen LogP contribution in [0.5, 0.6) is 0 Å². The van der Waals surface area contributed by atoms with Crippen LogP contribution in [0.3, 0.4) is 0 Å². The average molecular weight is 469 g/mol. The molecule has 2 aromatic heterocycles. The topological polar surface area (TPSA) is 116 Å². The Morgan fingerprint density at radius 3 is 2.79 bits per heavy atom. The van der Waals surface area contributed by atoms with Crippen molar-refractivity contribution in [2.75, 3.05) is 31.6 Å². The number of benzene rings is 2. The van der Waals surface area contributed by atoms with E-state index < -0.39 is 11.7 Å². The summed E-state index contributed by atoms with van der Waals surface area (Å²) in [6.07, 6.45) is 1.39. The number of aromatic amines is 2. The molecule has 4 aromatic rings. The Bertz CT molecular complexity index is 1340. The van der Waals surface area contributed by atoms with E-state index in [0.717, 1.165) is 6.07 Å². The second-order valence-corrected chi connectivity index (χ2v) is 7.84. The molecular formula is C22H18ClFN6O3. The number of rotatable bonds is 4. The SMILES string of the molecule is O=C(Nc1cn[nH]c1-c1nc2ccc(C(=O)N3CCOCC3)cc2[nH]1)c1c(F)cccc1Cl. The van der Waals surface area contributed by atoms with Gasteiger partial charge in [0.05, 0.1) is 46.7 Å². The number of H-pyrrole nitrogens is 2. The fourth-order valence-electron chi connectivity index (χ4n) is 3.67. The van der Waals surface area contributed by atoms with Gasteiger partial charge in [0.15, 0.2) is 5.82 Å². The minimum Gasteiger partial charge on any atom is -0.378 e. The highest BCUT2D eigenvalue weighted by atomic mass is 35.5. The number of aromatic nitrogens is 4. The molecule has 33 heavy (non-hydrogen) atoms. The zero-order chi connectivity index (χ0) is 22.9. The van der Waals surface area contributed by atoms with E-state index in [9.17, 15) is 14.0 Å². The summed E-state index contributed by atoms with van der Waals surface area (Å²) < 4.78 is 19.4. The number of amides is 2. The Kier molecular flexibility index (Phi) is 5.53. The Hall–Kier alpha value is -3.76. The first-order valence-electron chi connectivity index (χ1n) is 10.2. The van der Waals surface area contributed by atoms with E-state index in [4.69, 9.17) is 16.3 Å². The van der Waals surface area contributed by atoms with E-state index >= 15 is 0 Å². The predicted molar refractivity (Wildman–Crippen MR) is 120 cm³/mol. The van der Waals surface area contributed by atoms with Gasteiger partial charge in [-0.05, 0) is 30.3 Å². The first-order valence-corrected chi connectivity index (χ1v) is 10.5. The molecule has 11 heteroatoms. The molecule has 0 spiro atoms. The number of halogens is 2. The van der Waals surface area contributed by atoms with Crippen LogP contribution < -0.4 is 5.32 Å². The maximum Gasteiger partial charge on any atom is 0.260 e. The smallest absolute Gasteiger partial charge is 0.260 e. The van der Waals surface area contributed by atoms with E-state index in [-0.39, 0.29) is 16.5 Å². The summed E-state index contributed by atoms with van der Waals surface area (Å²) in [6.45, 7) is 2.14. The van der Waals surface area contributed by atoms with E-state index in [1.165, 1.54) is 18.3 Å². The number of carbonyl (C=O) groups is 2. The summed E-state index contributed by atoms with van der Waals surface area (Å²) in [5, 5.41) is 9.37. The standard InChI is InChI=1S/C22H18ClFN6O3/c23-13-2-1-3-14(24)18(13)21(31)28-17-11-25-29-19(17)20-26-15-5-4-12(10-16(15)27-20)22(32)30-6-8-33-9-7-30/h1-5,10-11H,6-9H2,(H,25,29)(H,26,27)(H,28,31). The van der Waals surface area contributed by atoms with E-state index in [1.54, 1.807) is 23.1 Å². The molecule has 1 saturated heterocycles. The molecule has 1 fully saturated rings. The van der Waals surface area contributed by atoms with E-state index in [1.807, 2.05) is 0 Å². The number of anilines is 1. The number of carbonyl (C=O) groups excluding carboxylic acids is 2. The number of fused-ring (bicyclic) bond motifs is 1. The maximum absolute atomic E-state index is 14.1. The number of ether oxygens (including phenoxy) is 1. The fourth-order valence-corrected chi connectivity index (χ4v) is 3.92. The fraction of sp³-hybridized carbons (Fsp3) is 0.182. The molecule has 0 bridgehead atoms. The molecule has 5 rings (SSSR count). The van der Waals surface area contributed by atoms with E-state index in [2.05, 4.69) is 25.5 Å². The van der Waals surface area contributed by atoms with Gasteiger partial charge in [0, 0.05) is 18.7 Å². The van der Waals surface area contributed by atoms with Crippen LogP contribution in [-0.2, 0) is 4.74 Å². The molecule has 9 nitrogen and oxygen atoms in total. The predicted octanol–water partition coefficient (Wildman–Crippen LogP) is 3.47. The highest BCUT2D eigenvalue weighted by Crippen LogP contribution is 2.28. The molecule has 0 radical (unpaired) electrons. The van der Waals surface area contributed by atoms with Crippen molar-refractivity contribution in [3.8, 4) is 11.5 Å². The minimum atomic E-state index is -0.730. The van der Waals surface area contributed by atoms with Gasteiger partial charge in [-0.3, -0.25) is 14.7 Å². The van der Waals surface area contributed by atoms with Crippen molar-refractivity contribution in [3.05, 3.63) is 64.6 Å². The van der Waals surface area contributed by atoms with Gasteiger partial charge in [-0.25, -0.2) is 9.37 Å². The Balaban J connectivity index is 1.42. The third-order valence-corrected chi connectivity index (χ3v) is 5.66. The number of morpholine rings is 1. The van der Waals surface area contributed by atoms with Gasteiger partial charge in [-0.1, -0.05) is 17.7 Å². The first-order chi connectivity index (χ1) is 16.0. The summed E-state index contributed by atoms with van der Waals surface area (Å²) in [5.41, 5.74) is 2.24. The third kappa shape index (κ3) is 4.06. The lowest BCUT2D eigenvalue weighted by Crippen LogP contribution is -2.40. The number of hydrogen-bond acceptors (Lipinski definition) is 5. The Morgan fingerprint density at radius 1 is 1.18 bits per heavy atom. The average Bonchev–Trinajstić information content (AvgIpc) is 3.45. The van der Waals surface area contributed by atoms with Crippen molar-refractivity contribution in [2.24, 2.45) is 0 Å². The van der Waals surface area contributed by atoms with Crippen molar-refractivity contribution >= 4 is 40.1 Å². The summed E-state index contributed by atoms with van der Waals surface area (Å²) in [5.74, 6) is -1.12. The lowest BCUT2D eigenvalue weighted by atomic mass is 10.1. The van der Waals surface area contributed by atoms with Crippen LogP contribution in [0.15, 0.2) is 42.6 Å². The lowest BCUT2D eigenvalue weighted by molar-refractivity contribution is 0.0303. The number of imidazole rings is 1. The highest BCUT2D eigenvalue weighted by molar-refractivity contribution is 6.34. The van der Waals surface area contributed by atoms with Gasteiger partial charge >= 0.3 is 0 Å². The minimum absolute atomic E-state index is 0.00116. The molecule has 3 heterocycles. The van der Waals surface area contributed by atoms with Crippen molar-refractivity contribution in [1.82, 2.24) is 25.1 Å². The maximum atomic E-state index is 14.1. The zero-order valence-electron chi connectivity index (χ0n) is 17.2. The van der Waals surface area contributed by atoms with Gasteiger partial charge in [0.2, 0.25) is 0 Å². The summed E-state index contributed by atoms with van der Waals surface area (Å²) in [7, 11) is 0. The largest absolute Gasteiger partial charge is 0.378 e. The van der Waals surface area contributed by atoms with Crippen LogP contribution in [0, 0.1) is 5.82 Å². The monoisotopic (exact) mass is 468 g/mol. The first kappa shape index (κ1) is 21.1. The summed E-state index contributed by atoms with van der Waals surface area (Å²) in [6, 6.07) is 9.22. The molecule has 0 atom stereocenters. The molecule has 3 N–H and O–H groups in total. The normalized spacial score (nSPS) is 13.9. The molecule has 2 aromatic carbocycles. The highest BCUT2D eigenvalue weighted by Gasteiger charge is 2.21. The van der Waals surface area contributed by atoms with Gasteiger partial charge in [-0.15, -0.1) is 0 Å². The van der Waals surface area contributed by atoms with Crippen LogP contribution in [0.4, 0.5) is 10.1 Å². The number of hydrogen-bond donors (Lipinski definition) is 3. The second-order valence-electron chi connectivity index (χ2n) is 7.43. The van der Waals surface area contributed by atoms with Gasteiger partial charge in [0.1, 0.15) is 11.5 Å². The second kappa shape index (κ2) is 8.64. The summed E-state index contributed by atoms with van der Waals surface area (Å²) >= 11 is 5.99. The van der Waals surface area contributed by atoms with Crippen molar-refractivity contribution in [1.29, 1.82) is 0 Å². The number of nitrogens with one attached hydrogen (secondary N) is 3. The molecule has 0 saturated carbocycles.